The van der Waals surface area contributed by atoms with Crippen molar-refractivity contribution in [2.75, 3.05) is 18.6 Å². The number of hydrogen-bond acceptors (Lipinski definition) is 10. The summed E-state index contributed by atoms with van der Waals surface area (Å²) in [6.07, 6.45) is 3.50. The van der Waals surface area contributed by atoms with Crippen molar-refractivity contribution in [1.82, 2.24) is 19.6 Å². The van der Waals surface area contributed by atoms with Gasteiger partial charge >= 0.3 is 5.97 Å². The summed E-state index contributed by atoms with van der Waals surface area (Å²) in [6, 6.07) is 4.39. The van der Waals surface area contributed by atoms with E-state index in [0.717, 1.165) is 21.9 Å². The zero-order valence-corrected chi connectivity index (χ0v) is 21.4. The average molecular weight is 565 g/mol. The zero-order valence-electron chi connectivity index (χ0n) is 19.0. The van der Waals surface area contributed by atoms with Crippen LogP contribution in [0.2, 0.25) is 5.15 Å². The molecule has 3 aromatic rings. The lowest BCUT2D eigenvalue weighted by Crippen LogP contribution is -2.71. The number of halogens is 1. The number of thiazole rings is 1. The Morgan fingerprint density at radius 1 is 1.43 bits per heavy atom. The van der Waals surface area contributed by atoms with Crippen LogP contribution in [0.4, 0.5) is 5.13 Å². The number of carboxylic acids is 1. The van der Waals surface area contributed by atoms with Crippen molar-refractivity contribution in [1.29, 1.82) is 0 Å². The van der Waals surface area contributed by atoms with E-state index in [1.165, 1.54) is 24.3 Å². The predicted octanol–water partition coefficient (Wildman–Crippen LogP) is 0.640. The molecule has 2 aliphatic rings. The van der Waals surface area contributed by atoms with E-state index in [1.807, 2.05) is 6.07 Å². The molecule has 1 fully saturated rings. The molecular formula is C21H19ClN7O6S2+. The molecule has 5 rings (SSSR count). The van der Waals surface area contributed by atoms with E-state index >= 15 is 0 Å². The van der Waals surface area contributed by atoms with Gasteiger partial charge in [0, 0.05) is 11.4 Å². The molecule has 5 heterocycles. The Morgan fingerprint density at radius 2 is 2.24 bits per heavy atom. The van der Waals surface area contributed by atoms with Gasteiger partial charge in [0.1, 0.15) is 42.4 Å². The van der Waals surface area contributed by atoms with E-state index in [1.54, 1.807) is 33.5 Å². The number of aliphatic carboxylic acids is 1. The number of nitrogens with two attached hydrogens (primary N) is 1. The van der Waals surface area contributed by atoms with Crippen molar-refractivity contribution >= 4 is 69.0 Å². The first kappa shape index (κ1) is 24.9. The van der Waals surface area contributed by atoms with Crippen molar-refractivity contribution < 1.29 is 33.6 Å². The third kappa shape index (κ3) is 4.45. The number of nitrogen functional groups attached to an aromatic ring is 1. The molecule has 4 N–H and O–H groups in total. The zero-order chi connectivity index (χ0) is 26.3. The second-order valence-corrected chi connectivity index (χ2v) is 10.1. The molecule has 2 atom stereocenters. The second-order valence-electron chi connectivity index (χ2n) is 7.75. The van der Waals surface area contributed by atoms with Crippen LogP contribution in [0.15, 0.2) is 52.6 Å². The molecule has 3 aromatic heterocycles. The monoisotopic (exact) mass is 564 g/mol. The van der Waals surface area contributed by atoms with Crippen molar-refractivity contribution in [3.8, 4) is 0 Å². The van der Waals surface area contributed by atoms with E-state index in [-0.39, 0.29) is 40.5 Å². The topological polar surface area (TPSA) is 165 Å². The number of carbonyl (C=O) groups excluding carboxylic acids is 2. The van der Waals surface area contributed by atoms with Crippen LogP contribution in [0.3, 0.4) is 0 Å². The Kier molecular flexibility index (Phi) is 6.66. The largest absolute Gasteiger partial charge is 0.476 e. The van der Waals surface area contributed by atoms with Gasteiger partial charge in [-0.1, -0.05) is 5.16 Å². The van der Waals surface area contributed by atoms with Crippen LogP contribution in [-0.2, 0) is 30.7 Å². The molecule has 2 aliphatic heterocycles. The molecule has 0 aromatic carbocycles. The summed E-state index contributed by atoms with van der Waals surface area (Å²) in [7, 11) is 1.27. The van der Waals surface area contributed by atoms with E-state index in [9.17, 15) is 19.5 Å². The number of pyridine rings is 1. The van der Waals surface area contributed by atoms with Gasteiger partial charge in [-0.3, -0.25) is 14.5 Å². The molecule has 1 saturated heterocycles. The maximum absolute atomic E-state index is 13.0. The highest BCUT2D eigenvalue weighted by molar-refractivity contribution is 8.00. The number of aromatic nitrogens is 3. The van der Waals surface area contributed by atoms with Crippen LogP contribution >= 0.6 is 34.7 Å². The third-order valence-electron chi connectivity index (χ3n) is 5.61. The molecule has 13 nitrogen and oxygen atoms in total. The Morgan fingerprint density at radius 3 is 2.95 bits per heavy atom. The minimum atomic E-state index is -1.31. The van der Waals surface area contributed by atoms with Crippen LogP contribution in [-0.4, -0.2) is 67.2 Å². The maximum Gasteiger partial charge on any atom is 0.356 e. The van der Waals surface area contributed by atoms with Gasteiger partial charge in [0.2, 0.25) is 6.73 Å². The lowest BCUT2D eigenvalue weighted by molar-refractivity contribution is -0.705. The fourth-order valence-corrected chi connectivity index (χ4v) is 5.99. The number of anilines is 1. The third-order valence-corrected chi connectivity index (χ3v) is 7.84. The van der Waals surface area contributed by atoms with Crippen molar-refractivity contribution in [3.63, 3.8) is 0 Å². The van der Waals surface area contributed by atoms with Gasteiger partial charge in [0.15, 0.2) is 21.7 Å². The van der Waals surface area contributed by atoms with E-state index < -0.39 is 29.2 Å². The fourth-order valence-electron chi connectivity index (χ4n) is 3.95. The highest BCUT2D eigenvalue weighted by atomic mass is 35.5. The minimum Gasteiger partial charge on any atom is -0.476 e. The lowest BCUT2D eigenvalue weighted by atomic mass is 10.0. The minimum absolute atomic E-state index is 0.00396. The van der Waals surface area contributed by atoms with Gasteiger partial charge in [-0.15, -0.1) is 23.1 Å². The smallest absolute Gasteiger partial charge is 0.356 e. The van der Waals surface area contributed by atoms with Crippen molar-refractivity contribution in [2.45, 2.75) is 18.1 Å². The SMILES string of the molecule is CON=C(C(=O)N[C@@H]1C(=O)N2C(C(=O)O)=C(OC[n+]3ccn4c(Cl)cccc43)CS[C@@H]12)c1csc(N)n1. The summed E-state index contributed by atoms with van der Waals surface area (Å²) in [5.74, 6) is -2.29. The number of fused-ring (bicyclic) bond motifs is 2. The standard InChI is InChI=1S/C21H18ClN7O6S2/c1-34-26-14(10-7-37-21(23)24-10)17(30)25-15-18(31)29-16(20(32)33)11(8-36-19(15)29)35-9-27-5-6-28-12(22)3-2-4-13(27)28/h2-7,15,19H,8-9H2,1H3,(H3-,23,24,25,30,32,33)/p+1/t15-,19+/m1/s1. The van der Waals surface area contributed by atoms with E-state index in [4.69, 9.17) is 26.9 Å². The fraction of sp³-hybridized carbons (Fsp3) is 0.238. The maximum atomic E-state index is 13.0. The van der Waals surface area contributed by atoms with Gasteiger partial charge < -0.3 is 25.7 Å². The Hall–Kier alpha value is -3.82. The van der Waals surface area contributed by atoms with E-state index in [0.29, 0.717) is 5.15 Å². The van der Waals surface area contributed by atoms with Crippen LogP contribution in [0.5, 0.6) is 0 Å². The quantitative estimate of drug-likeness (QED) is 0.117. The predicted molar refractivity (Wildman–Crippen MR) is 133 cm³/mol. The molecule has 0 saturated carbocycles. The molecule has 0 radical (unpaired) electrons. The Labute approximate surface area is 222 Å². The Balaban J connectivity index is 1.32. The van der Waals surface area contributed by atoms with Gasteiger partial charge in [-0.05, 0) is 23.7 Å². The molecule has 0 unspecified atom stereocenters. The highest BCUT2D eigenvalue weighted by Gasteiger charge is 2.55. The Bertz CT molecular complexity index is 1480. The summed E-state index contributed by atoms with van der Waals surface area (Å²) < 4.78 is 9.34. The molecule has 0 bridgehead atoms. The van der Waals surface area contributed by atoms with Gasteiger partial charge in [0.05, 0.1) is 5.75 Å². The van der Waals surface area contributed by atoms with Gasteiger partial charge in [0.25, 0.3) is 17.5 Å². The van der Waals surface area contributed by atoms with E-state index in [2.05, 4.69) is 15.5 Å². The number of thioether (sulfide) groups is 1. The first-order chi connectivity index (χ1) is 17.8. The number of amides is 2. The number of ether oxygens (including phenoxy) is 1. The number of imidazole rings is 1. The number of oxime groups is 1. The van der Waals surface area contributed by atoms with Gasteiger partial charge in [-0.25, -0.2) is 9.78 Å². The molecule has 192 valence electrons. The van der Waals surface area contributed by atoms with Crippen molar-refractivity contribution in [3.05, 3.63) is 58.3 Å². The molecule has 37 heavy (non-hydrogen) atoms. The lowest BCUT2D eigenvalue weighted by Gasteiger charge is -2.48. The summed E-state index contributed by atoms with van der Waals surface area (Å²) in [6.45, 7) is 0.00396. The number of carbonyl (C=O) groups is 3. The first-order valence-electron chi connectivity index (χ1n) is 10.6. The highest BCUT2D eigenvalue weighted by Crippen LogP contribution is 2.40. The molecular weight excluding hydrogens is 546 g/mol. The number of nitrogens with one attached hydrogen (secondary N) is 1. The summed E-state index contributed by atoms with van der Waals surface area (Å²) in [4.78, 5) is 47.8. The summed E-state index contributed by atoms with van der Waals surface area (Å²) >= 11 is 8.57. The molecule has 2 amide bonds. The summed E-state index contributed by atoms with van der Waals surface area (Å²) in [5, 5.41) is 17.8. The van der Waals surface area contributed by atoms with Crippen LogP contribution < -0.4 is 15.6 Å². The number of hydrogen-bond donors (Lipinski definition) is 3. The molecule has 0 spiro atoms. The van der Waals surface area contributed by atoms with Crippen LogP contribution in [0.25, 0.3) is 5.65 Å². The van der Waals surface area contributed by atoms with Gasteiger partial charge in [-0.2, -0.15) is 8.97 Å². The second kappa shape index (κ2) is 9.91. The van der Waals surface area contributed by atoms with Crippen molar-refractivity contribution in [2.24, 2.45) is 5.16 Å². The number of β-lactam (4-membered cyclic amide) rings is 1. The molecule has 0 aliphatic carbocycles. The molecule has 16 heteroatoms. The number of carboxylic acid groups (broad SMARTS) is 1. The number of rotatable bonds is 8. The summed E-state index contributed by atoms with van der Waals surface area (Å²) in [5.41, 5.74) is 6.16. The first-order valence-corrected chi connectivity index (χ1v) is 12.9. The normalized spacial score (nSPS) is 19.5. The van der Waals surface area contributed by atoms with Crippen LogP contribution in [0.1, 0.15) is 5.69 Å². The van der Waals surface area contributed by atoms with Crippen LogP contribution in [0, 0.1) is 0 Å². The average Bonchev–Trinajstić information content (AvgIpc) is 3.50. The number of nitrogens with zero attached hydrogens (tertiary/aromatic N) is 5.